The van der Waals surface area contributed by atoms with Crippen molar-refractivity contribution < 1.29 is 4.79 Å². The highest BCUT2D eigenvalue weighted by Gasteiger charge is 2.50. The van der Waals surface area contributed by atoms with Gasteiger partial charge in [-0.15, -0.1) is 0 Å². The first-order chi connectivity index (χ1) is 19.6. The van der Waals surface area contributed by atoms with Crippen LogP contribution in [0, 0.1) is 17.3 Å². The molecular formula is C38H47NO. The number of hydrogen-bond donors (Lipinski definition) is 1. The Hall–Kier alpha value is -2.87. The maximum Gasteiger partial charge on any atom is 0.235 e. The van der Waals surface area contributed by atoms with Crippen molar-refractivity contribution in [1.82, 2.24) is 5.32 Å². The third-order valence-corrected chi connectivity index (χ3v) is 11.0. The van der Waals surface area contributed by atoms with Crippen LogP contribution in [0.25, 0.3) is 11.1 Å². The van der Waals surface area contributed by atoms with Gasteiger partial charge in [-0.25, -0.2) is 0 Å². The van der Waals surface area contributed by atoms with E-state index in [4.69, 9.17) is 0 Å². The predicted molar refractivity (Wildman–Crippen MR) is 166 cm³/mol. The molecule has 0 radical (unpaired) electrons. The molecule has 3 aromatic carbocycles. The van der Waals surface area contributed by atoms with E-state index in [9.17, 15) is 4.79 Å². The fraction of sp³-hybridized carbons (Fsp3) is 0.500. The van der Waals surface area contributed by atoms with Gasteiger partial charge in [-0.2, -0.15) is 0 Å². The minimum Gasteiger partial charge on any atom is -0.354 e. The Bertz CT molecular complexity index is 1220. The zero-order valence-electron chi connectivity index (χ0n) is 24.5. The van der Waals surface area contributed by atoms with Gasteiger partial charge in [0.05, 0.1) is 0 Å². The smallest absolute Gasteiger partial charge is 0.235 e. The maximum atomic E-state index is 14.8. The van der Waals surface area contributed by atoms with Gasteiger partial charge in [0.2, 0.25) is 5.91 Å². The van der Waals surface area contributed by atoms with E-state index in [1.165, 1.54) is 92.0 Å². The average Bonchev–Trinajstić information content (AvgIpc) is 3.32. The second-order valence-electron chi connectivity index (χ2n) is 13.2. The summed E-state index contributed by atoms with van der Waals surface area (Å²) in [6.07, 6.45) is 16.3. The normalized spacial score (nSPS) is 19.1. The van der Waals surface area contributed by atoms with Crippen LogP contribution in [0.5, 0.6) is 0 Å². The standard InChI is InChI=1S/C38H47NO/c1-37(30-19-7-3-8-20-30,31-21-9-4-10-22-31)28-39-36(40)38(27-15-18-29-16-5-2-6-17-29)34-25-13-11-23-32(34)33-24-12-14-26-35(33)38/h2,5-6,11-14,16-17,23-26,30-31H,3-4,7-10,15,18-22,27-28H2,1H3,(H,39,40). The third-order valence-electron chi connectivity index (χ3n) is 11.0. The van der Waals surface area contributed by atoms with Gasteiger partial charge < -0.3 is 5.32 Å². The molecule has 0 aliphatic heterocycles. The lowest BCUT2D eigenvalue weighted by Gasteiger charge is -2.47. The van der Waals surface area contributed by atoms with E-state index in [0.717, 1.165) is 37.6 Å². The van der Waals surface area contributed by atoms with Gasteiger partial charge in [0.1, 0.15) is 5.41 Å². The summed E-state index contributed by atoms with van der Waals surface area (Å²) < 4.78 is 0. The largest absolute Gasteiger partial charge is 0.354 e. The molecule has 40 heavy (non-hydrogen) atoms. The summed E-state index contributed by atoms with van der Waals surface area (Å²) in [5.41, 5.74) is 5.74. The van der Waals surface area contributed by atoms with Crippen molar-refractivity contribution in [3.05, 3.63) is 95.6 Å². The topological polar surface area (TPSA) is 29.1 Å². The monoisotopic (exact) mass is 533 g/mol. The first kappa shape index (κ1) is 27.3. The van der Waals surface area contributed by atoms with Crippen LogP contribution in [0.15, 0.2) is 78.9 Å². The minimum absolute atomic E-state index is 0.180. The maximum absolute atomic E-state index is 14.8. The second-order valence-corrected chi connectivity index (χ2v) is 13.2. The molecule has 2 nitrogen and oxygen atoms in total. The fourth-order valence-electron chi connectivity index (χ4n) is 8.72. The van der Waals surface area contributed by atoms with E-state index in [2.05, 4.69) is 91.1 Å². The number of rotatable bonds is 9. The molecule has 3 aromatic rings. The van der Waals surface area contributed by atoms with Crippen molar-refractivity contribution in [1.29, 1.82) is 0 Å². The lowest BCUT2D eigenvalue weighted by Crippen LogP contribution is -2.51. The molecule has 2 heteroatoms. The molecular weight excluding hydrogens is 486 g/mol. The number of benzene rings is 3. The zero-order valence-corrected chi connectivity index (χ0v) is 24.5. The molecule has 0 spiro atoms. The Morgan fingerprint density at radius 2 is 1.23 bits per heavy atom. The van der Waals surface area contributed by atoms with Crippen LogP contribution < -0.4 is 5.32 Å². The van der Waals surface area contributed by atoms with Crippen molar-refractivity contribution in [3.63, 3.8) is 0 Å². The summed E-state index contributed by atoms with van der Waals surface area (Å²) in [6.45, 7) is 3.35. The Balaban J connectivity index is 1.32. The highest BCUT2D eigenvalue weighted by molar-refractivity contribution is 6.00. The first-order valence-electron chi connectivity index (χ1n) is 16.1. The second kappa shape index (κ2) is 11.9. The Labute approximate surface area is 242 Å². The number of aryl methyl sites for hydroxylation is 1. The molecule has 210 valence electrons. The summed E-state index contributed by atoms with van der Waals surface area (Å²) >= 11 is 0. The lowest BCUT2D eigenvalue weighted by molar-refractivity contribution is -0.126. The van der Waals surface area contributed by atoms with Crippen molar-refractivity contribution in [2.75, 3.05) is 6.54 Å². The van der Waals surface area contributed by atoms with Crippen LogP contribution in [0.3, 0.4) is 0 Å². The van der Waals surface area contributed by atoms with Crippen LogP contribution >= 0.6 is 0 Å². The Morgan fingerprint density at radius 3 is 1.77 bits per heavy atom. The van der Waals surface area contributed by atoms with Crippen LogP contribution in [-0.2, 0) is 16.6 Å². The quantitative estimate of drug-likeness (QED) is 0.292. The van der Waals surface area contributed by atoms with E-state index >= 15 is 0 Å². The average molecular weight is 534 g/mol. The number of amides is 1. The minimum atomic E-state index is -0.637. The van der Waals surface area contributed by atoms with E-state index in [1.807, 2.05) is 0 Å². The van der Waals surface area contributed by atoms with Crippen LogP contribution in [0.1, 0.15) is 101 Å². The molecule has 3 aliphatic carbocycles. The summed E-state index contributed by atoms with van der Waals surface area (Å²) in [7, 11) is 0. The van der Waals surface area contributed by atoms with Gasteiger partial charge in [0.25, 0.3) is 0 Å². The summed E-state index contributed by atoms with van der Waals surface area (Å²) in [4.78, 5) is 14.8. The lowest BCUT2D eigenvalue weighted by atomic mass is 9.59. The predicted octanol–water partition coefficient (Wildman–Crippen LogP) is 9.26. The molecule has 3 aliphatic rings. The molecule has 0 unspecified atom stereocenters. The first-order valence-corrected chi connectivity index (χ1v) is 16.1. The molecule has 0 saturated heterocycles. The van der Waals surface area contributed by atoms with Gasteiger partial charge >= 0.3 is 0 Å². The van der Waals surface area contributed by atoms with Crippen molar-refractivity contribution in [3.8, 4) is 11.1 Å². The van der Waals surface area contributed by atoms with Crippen molar-refractivity contribution in [2.24, 2.45) is 17.3 Å². The number of nitrogens with one attached hydrogen (secondary N) is 1. The fourth-order valence-corrected chi connectivity index (χ4v) is 8.72. The number of hydrogen-bond acceptors (Lipinski definition) is 1. The van der Waals surface area contributed by atoms with Gasteiger partial charge in [-0.05, 0) is 90.0 Å². The third kappa shape index (κ3) is 5.04. The van der Waals surface area contributed by atoms with Crippen molar-refractivity contribution >= 4 is 5.91 Å². The summed E-state index contributed by atoms with van der Waals surface area (Å²) in [5.74, 6) is 1.67. The molecule has 2 saturated carbocycles. The molecule has 1 N–H and O–H groups in total. The van der Waals surface area contributed by atoms with Gasteiger partial charge in [-0.1, -0.05) is 124 Å². The molecule has 0 bridgehead atoms. The van der Waals surface area contributed by atoms with Gasteiger partial charge in [0.15, 0.2) is 0 Å². The van der Waals surface area contributed by atoms with Crippen LogP contribution in [-0.4, -0.2) is 12.5 Å². The van der Waals surface area contributed by atoms with Crippen LogP contribution in [0.4, 0.5) is 0 Å². The number of carbonyl (C=O) groups excluding carboxylic acids is 1. The molecule has 1 amide bonds. The molecule has 0 atom stereocenters. The summed E-state index contributed by atoms with van der Waals surface area (Å²) in [6, 6.07) is 28.1. The molecule has 0 aromatic heterocycles. The van der Waals surface area contributed by atoms with Gasteiger partial charge in [0, 0.05) is 6.54 Å². The van der Waals surface area contributed by atoms with E-state index < -0.39 is 5.41 Å². The Morgan fingerprint density at radius 1 is 0.725 bits per heavy atom. The highest BCUT2D eigenvalue weighted by Crippen LogP contribution is 2.52. The molecule has 0 heterocycles. The molecule has 2 fully saturated rings. The Kier molecular flexibility index (Phi) is 8.15. The van der Waals surface area contributed by atoms with Crippen molar-refractivity contribution in [2.45, 2.75) is 95.8 Å². The van der Waals surface area contributed by atoms with Crippen LogP contribution in [0.2, 0.25) is 0 Å². The van der Waals surface area contributed by atoms with E-state index in [1.54, 1.807) is 0 Å². The van der Waals surface area contributed by atoms with E-state index in [0.29, 0.717) is 0 Å². The summed E-state index contributed by atoms with van der Waals surface area (Å²) in [5, 5.41) is 3.69. The molecule has 6 rings (SSSR count). The SMILES string of the molecule is CC(CNC(=O)C1(CCCc2ccccc2)c2ccccc2-c2ccccc21)(C1CCCCC1)C1CCCCC1. The van der Waals surface area contributed by atoms with Gasteiger partial charge in [-0.3, -0.25) is 4.79 Å². The highest BCUT2D eigenvalue weighted by atomic mass is 16.2. The number of fused-ring (bicyclic) bond motifs is 3. The van der Waals surface area contributed by atoms with E-state index in [-0.39, 0.29) is 11.3 Å². The zero-order chi connectivity index (χ0) is 27.4. The number of carbonyl (C=O) groups is 1.